The summed E-state index contributed by atoms with van der Waals surface area (Å²) in [6.45, 7) is 1.60. The van der Waals surface area contributed by atoms with Crippen molar-refractivity contribution in [3.05, 3.63) is 66.5 Å². The van der Waals surface area contributed by atoms with Crippen LogP contribution in [-0.4, -0.2) is 55.8 Å². The van der Waals surface area contributed by atoms with E-state index in [1.54, 1.807) is 28.9 Å². The van der Waals surface area contributed by atoms with Crippen molar-refractivity contribution in [3.63, 3.8) is 0 Å². The van der Waals surface area contributed by atoms with Gasteiger partial charge in [0.1, 0.15) is 0 Å². The maximum atomic E-state index is 12.6. The summed E-state index contributed by atoms with van der Waals surface area (Å²) in [5.74, 6) is 0.898. The fraction of sp³-hybridized carbons (Fsp3) is 0.333. The van der Waals surface area contributed by atoms with Crippen molar-refractivity contribution in [2.75, 3.05) is 26.8 Å². The van der Waals surface area contributed by atoms with Crippen molar-refractivity contribution >= 4 is 15.9 Å². The average molecular weight is 485 g/mol. The van der Waals surface area contributed by atoms with Gasteiger partial charge in [0.2, 0.25) is 15.9 Å². The van der Waals surface area contributed by atoms with Crippen molar-refractivity contribution in [2.24, 2.45) is 0 Å². The molecule has 2 heterocycles. The van der Waals surface area contributed by atoms with Gasteiger partial charge in [-0.05, 0) is 30.7 Å². The number of ether oxygens (including phenoxy) is 2. The van der Waals surface area contributed by atoms with Gasteiger partial charge in [-0.3, -0.25) is 4.79 Å². The van der Waals surface area contributed by atoms with Crippen LogP contribution in [0.2, 0.25) is 0 Å². The van der Waals surface area contributed by atoms with Gasteiger partial charge in [-0.2, -0.15) is 5.10 Å². The van der Waals surface area contributed by atoms with E-state index in [9.17, 15) is 13.2 Å². The Kier molecular flexibility index (Phi) is 7.49. The van der Waals surface area contributed by atoms with Gasteiger partial charge in [0.25, 0.3) is 0 Å². The highest BCUT2D eigenvalue weighted by atomic mass is 32.2. The number of carbonyl (C=O) groups excluding carboxylic acids is 1. The van der Waals surface area contributed by atoms with Gasteiger partial charge in [0, 0.05) is 50.8 Å². The number of hydrogen-bond acceptors (Lipinski definition) is 6. The molecule has 9 nitrogen and oxygen atoms in total. The first kappa shape index (κ1) is 23.8. The standard InChI is InChI=1S/C24H28N4O5S/c1-27(17-19-16-25-28(18-19)20-7-3-2-4-8-20)24(29)9-5-12-26-34(30,31)21-10-11-22-23(15-21)33-14-6-13-32-22/h2-4,7-8,10-11,15-16,18,26H,5-6,9,12-14,17H2,1H3. The molecule has 1 aliphatic heterocycles. The third-order valence-electron chi connectivity index (χ3n) is 5.39. The number of para-hydroxylation sites is 1. The second-order valence-corrected chi connectivity index (χ2v) is 9.81. The number of amides is 1. The number of sulfonamides is 1. The molecule has 1 aliphatic rings. The van der Waals surface area contributed by atoms with E-state index < -0.39 is 10.0 Å². The minimum Gasteiger partial charge on any atom is -0.490 e. The summed E-state index contributed by atoms with van der Waals surface area (Å²) in [6, 6.07) is 14.3. The molecule has 0 saturated carbocycles. The zero-order valence-electron chi connectivity index (χ0n) is 19.0. The summed E-state index contributed by atoms with van der Waals surface area (Å²) in [5, 5.41) is 4.35. The van der Waals surface area contributed by atoms with Crippen molar-refractivity contribution in [3.8, 4) is 17.2 Å². The molecule has 0 atom stereocenters. The fourth-order valence-corrected chi connectivity index (χ4v) is 4.65. The van der Waals surface area contributed by atoms with Gasteiger partial charge in [-0.15, -0.1) is 0 Å². The van der Waals surface area contributed by atoms with Gasteiger partial charge in [-0.25, -0.2) is 17.8 Å². The highest BCUT2D eigenvalue weighted by molar-refractivity contribution is 7.89. The Bertz CT molecular complexity index is 1230. The van der Waals surface area contributed by atoms with Crippen LogP contribution in [0.4, 0.5) is 0 Å². The normalized spacial score (nSPS) is 13.3. The average Bonchev–Trinajstić information content (AvgIpc) is 3.17. The van der Waals surface area contributed by atoms with Crippen molar-refractivity contribution in [2.45, 2.75) is 30.7 Å². The van der Waals surface area contributed by atoms with Crippen LogP contribution in [0.25, 0.3) is 5.69 Å². The van der Waals surface area contributed by atoms with E-state index >= 15 is 0 Å². The summed E-state index contributed by atoms with van der Waals surface area (Å²) in [7, 11) is -1.99. The number of hydrogen-bond donors (Lipinski definition) is 1. The van der Waals surface area contributed by atoms with Crippen LogP contribution in [0.5, 0.6) is 11.5 Å². The van der Waals surface area contributed by atoms with E-state index in [2.05, 4.69) is 9.82 Å². The minimum absolute atomic E-state index is 0.0674. The lowest BCUT2D eigenvalue weighted by Gasteiger charge is -2.16. The molecule has 3 aromatic rings. The molecule has 0 fully saturated rings. The topological polar surface area (TPSA) is 103 Å². The molecule has 2 aromatic carbocycles. The lowest BCUT2D eigenvalue weighted by Crippen LogP contribution is -2.28. The smallest absolute Gasteiger partial charge is 0.240 e. The third kappa shape index (κ3) is 5.95. The SMILES string of the molecule is CN(Cc1cnn(-c2ccccc2)c1)C(=O)CCCNS(=O)(=O)c1ccc2c(c1)OCCCO2. The predicted octanol–water partition coefficient (Wildman–Crippen LogP) is 2.75. The van der Waals surface area contributed by atoms with Crippen molar-refractivity contribution in [1.29, 1.82) is 0 Å². The molecule has 1 N–H and O–H groups in total. The monoisotopic (exact) mass is 484 g/mol. The van der Waals surface area contributed by atoms with Crippen LogP contribution in [0, 0.1) is 0 Å². The fourth-order valence-electron chi connectivity index (χ4n) is 3.56. The van der Waals surface area contributed by atoms with Gasteiger partial charge in [-0.1, -0.05) is 18.2 Å². The molecule has 1 aromatic heterocycles. The van der Waals surface area contributed by atoms with Gasteiger partial charge >= 0.3 is 0 Å². The van der Waals surface area contributed by atoms with E-state index in [1.165, 1.54) is 12.1 Å². The molecule has 180 valence electrons. The first-order valence-corrected chi connectivity index (χ1v) is 12.6. The van der Waals surface area contributed by atoms with E-state index in [0.717, 1.165) is 17.7 Å². The first-order chi connectivity index (χ1) is 16.4. The zero-order valence-corrected chi connectivity index (χ0v) is 19.8. The molecule has 0 spiro atoms. The number of nitrogens with one attached hydrogen (secondary N) is 1. The quantitative estimate of drug-likeness (QED) is 0.469. The lowest BCUT2D eigenvalue weighted by molar-refractivity contribution is -0.130. The molecule has 10 heteroatoms. The Morgan fingerprint density at radius 3 is 2.68 bits per heavy atom. The molecule has 0 bridgehead atoms. The van der Waals surface area contributed by atoms with E-state index in [0.29, 0.717) is 37.7 Å². The maximum absolute atomic E-state index is 12.6. The summed E-state index contributed by atoms with van der Waals surface area (Å²) < 4.78 is 40.7. The Labute approximate surface area is 199 Å². The van der Waals surface area contributed by atoms with Gasteiger partial charge in [0.15, 0.2) is 11.5 Å². The highest BCUT2D eigenvalue weighted by Crippen LogP contribution is 2.31. The van der Waals surface area contributed by atoms with Gasteiger partial charge in [0.05, 0.1) is 30.0 Å². The Morgan fingerprint density at radius 1 is 1.12 bits per heavy atom. The predicted molar refractivity (Wildman–Crippen MR) is 127 cm³/mol. The molecule has 4 rings (SSSR count). The second-order valence-electron chi connectivity index (χ2n) is 8.04. The third-order valence-corrected chi connectivity index (χ3v) is 6.85. The second kappa shape index (κ2) is 10.7. The molecule has 1 amide bonds. The number of benzene rings is 2. The lowest BCUT2D eigenvalue weighted by atomic mass is 10.2. The molecule has 0 unspecified atom stereocenters. The summed E-state index contributed by atoms with van der Waals surface area (Å²) in [6.07, 6.45) is 4.98. The Balaban J connectivity index is 1.24. The van der Waals surface area contributed by atoms with Crippen LogP contribution >= 0.6 is 0 Å². The first-order valence-electron chi connectivity index (χ1n) is 11.1. The number of carbonyl (C=O) groups is 1. The van der Waals surface area contributed by atoms with Crippen molar-refractivity contribution in [1.82, 2.24) is 19.4 Å². The Morgan fingerprint density at radius 2 is 1.88 bits per heavy atom. The maximum Gasteiger partial charge on any atom is 0.240 e. The van der Waals surface area contributed by atoms with Crippen LogP contribution in [0.1, 0.15) is 24.8 Å². The van der Waals surface area contributed by atoms with Crippen LogP contribution in [-0.2, 0) is 21.4 Å². The number of rotatable bonds is 9. The van der Waals surface area contributed by atoms with E-state index in [4.69, 9.17) is 9.47 Å². The molecule has 0 aliphatic carbocycles. The van der Waals surface area contributed by atoms with Crippen LogP contribution in [0.3, 0.4) is 0 Å². The summed E-state index contributed by atoms with van der Waals surface area (Å²) >= 11 is 0. The van der Waals surface area contributed by atoms with Crippen LogP contribution in [0.15, 0.2) is 65.8 Å². The zero-order chi connectivity index (χ0) is 24.0. The largest absolute Gasteiger partial charge is 0.490 e. The molecule has 34 heavy (non-hydrogen) atoms. The van der Waals surface area contributed by atoms with Gasteiger partial charge < -0.3 is 14.4 Å². The number of fused-ring (bicyclic) bond motifs is 1. The molecule has 0 radical (unpaired) electrons. The number of nitrogens with zero attached hydrogens (tertiary/aromatic N) is 3. The minimum atomic E-state index is -3.72. The Hall–Kier alpha value is -3.37. The van der Waals surface area contributed by atoms with Crippen molar-refractivity contribution < 1.29 is 22.7 Å². The molecule has 0 saturated heterocycles. The molecular weight excluding hydrogens is 456 g/mol. The van der Waals surface area contributed by atoms with E-state index in [1.807, 2.05) is 36.5 Å². The summed E-state index contributed by atoms with van der Waals surface area (Å²) in [4.78, 5) is 14.2. The van der Waals surface area contributed by atoms with Crippen LogP contribution < -0.4 is 14.2 Å². The highest BCUT2D eigenvalue weighted by Gasteiger charge is 2.19. The summed E-state index contributed by atoms with van der Waals surface area (Å²) in [5.41, 5.74) is 1.86. The number of aromatic nitrogens is 2. The van der Waals surface area contributed by atoms with E-state index in [-0.39, 0.29) is 23.8 Å². The molecular formula is C24H28N4O5S.